The number of hydrogen-bond donors (Lipinski definition) is 0. The summed E-state index contributed by atoms with van der Waals surface area (Å²) in [5.41, 5.74) is 0.787. The van der Waals surface area contributed by atoms with Crippen molar-refractivity contribution >= 4 is 10.2 Å². The van der Waals surface area contributed by atoms with Crippen molar-refractivity contribution in [1.82, 2.24) is 0 Å². The maximum Gasteiger partial charge on any atom is 0.0273 e. The maximum absolute atomic E-state index is 3.72. The summed E-state index contributed by atoms with van der Waals surface area (Å²) in [6.07, 6.45) is 2.82. The first-order chi connectivity index (χ1) is 3.72. The van der Waals surface area contributed by atoms with Crippen molar-refractivity contribution in [3.05, 3.63) is 0 Å². The Kier molecular flexibility index (Phi) is 1.76. The van der Waals surface area contributed by atoms with Gasteiger partial charge in [0.15, 0.2) is 0 Å². The van der Waals surface area contributed by atoms with Gasteiger partial charge in [0.2, 0.25) is 0 Å². The van der Waals surface area contributed by atoms with E-state index in [2.05, 4.69) is 24.1 Å². The molecule has 0 heterocycles. The highest BCUT2D eigenvalue weighted by Gasteiger charge is 2.25. The minimum absolute atomic E-state index is 0.787. The molecule has 0 aromatic carbocycles. The van der Waals surface area contributed by atoms with E-state index in [9.17, 15) is 0 Å². The molecule has 0 aliphatic heterocycles. The molecule has 0 bridgehead atoms. The van der Waals surface area contributed by atoms with Crippen LogP contribution in [0, 0.1) is 11.8 Å². The van der Waals surface area contributed by atoms with Gasteiger partial charge in [0.05, 0.1) is 0 Å². The Labute approximate surface area is 55.1 Å². The number of hydrogen-bond acceptors (Lipinski definition) is 0. The molecule has 0 aromatic heterocycles. The molecule has 0 nitrogen and oxygen atoms in total. The highest BCUT2D eigenvalue weighted by Crippen LogP contribution is 2.38. The van der Waals surface area contributed by atoms with Gasteiger partial charge in [-0.2, -0.15) is 0 Å². The molecule has 2 atom stereocenters. The molecule has 0 N–H and O–H groups in total. The van der Waals surface area contributed by atoms with Crippen LogP contribution < -0.4 is 0 Å². The Hall–Kier alpha value is 0.217. The van der Waals surface area contributed by atoms with Gasteiger partial charge in [0.25, 0.3) is 0 Å². The van der Waals surface area contributed by atoms with Crippen LogP contribution in [0.1, 0.15) is 26.7 Å². The van der Waals surface area contributed by atoms with E-state index in [-0.39, 0.29) is 0 Å². The Morgan fingerprint density at radius 3 is 1.62 bits per heavy atom. The fraction of sp³-hybridized carbons (Fsp3) is 1.00. The second kappa shape index (κ2) is 2.22. The monoisotopic (exact) mass is 125 g/mol. The van der Waals surface area contributed by atoms with Crippen molar-refractivity contribution in [2.24, 2.45) is 11.8 Å². The van der Waals surface area contributed by atoms with E-state index in [1.807, 2.05) is 0 Å². The predicted molar refractivity (Wildman–Crippen MR) is 37.1 cm³/mol. The summed E-state index contributed by atoms with van der Waals surface area (Å²) in [4.78, 5) is 0. The largest absolute Gasteiger partial charge is 0.0625 e. The van der Waals surface area contributed by atoms with Gasteiger partial charge in [0, 0.05) is 10.2 Å². The van der Waals surface area contributed by atoms with Gasteiger partial charge < -0.3 is 0 Å². The van der Waals surface area contributed by atoms with E-state index in [1.165, 1.54) is 12.8 Å². The van der Waals surface area contributed by atoms with Crippen LogP contribution in [0.2, 0.25) is 5.54 Å². The molecular formula is C7H13Si. The summed E-state index contributed by atoms with van der Waals surface area (Å²) in [5, 5.41) is 0. The molecule has 1 aliphatic carbocycles. The zero-order valence-electron chi connectivity index (χ0n) is 5.65. The third-order valence-electron chi connectivity index (χ3n) is 2.30. The smallest absolute Gasteiger partial charge is 0.0273 e. The Balaban J connectivity index is 2.44. The summed E-state index contributed by atoms with van der Waals surface area (Å²) < 4.78 is 0. The minimum Gasteiger partial charge on any atom is -0.0625 e. The molecule has 1 saturated carbocycles. The lowest BCUT2D eigenvalue weighted by Crippen LogP contribution is -2.01. The van der Waals surface area contributed by atoms with Gasteiger partial charge in [-0.25, -0.2) is 0 Å². The van der Waals surface area contributed by atoms with Crippen LogP contribution in [-0.2, 0) is 0 Å². The molecule has 0 saturated heterocycles. The average Bonchev–Trinajstić information content (AvgIpc) is 1.98. The maximum atomic E-state index is 3.72. The summed E-state index contributed by atoms with van der Waals surface area (Å²) in [6, 6.07) is 0. The van der Waals surface area contributed by atoms with Gasteiger partial charge in [0.1, 0.15) is 0 Å². The average molecular weight is 125 g/mol. The summed E-state index contributed by atoms with van der Waals surface area (Å²) in [5.74, 6) is 1.81. The van der Waals surface area contributed by atoms with E-state index in [1.54, 1.807) is 0 Å². The van der Waals surface area contributed by atoms with E-state index in [0.29, 0.717) is 0 Å². The van der Waals surface area contributed by atoms with Crippen LogP contribution in [0.25, 0.3) is 0 Å². The normalized spacial score (nSPS) is 47.6. The molecule has 1 fully saturated rings. The van der Waals surface area contributed by atoms with E-state index < -0.39 is 0 Å². The van der Waals surface area contributed by atoms with Gasteiger partial charge in [-0.3, -0.25) is 0 Å². The van der Waals surface area contributed by atoms with Crippen molar-refractivity contribution in [3.8, 4) is 0 Å². The lowest BCUT2D eigenvalue weighted by atomic mass is 10.1. The summed E-state index contributed by atoms with van der Waals surface area (Å²) >= 11 is 0. The third kappa shape index (κ3) is 0.969. The molecule has 45 valence electrons. The zero-order valence-corrected chi connectivity index (χ0v) is 6.65. The van der Waals surface area contributed by atoms with Gasteiger partial charge in [-0.1, -0.05) is 26.7 Å². The van der Waals surface area contributed by atoms with E-state index in [4.69, 9.17) is 0 Å². The fourth-order valence-corrected chi connectivity index (χ4v) is 1.78. The molecule has 1 aliphatic rings. The van der Waals surface area contributed by atoms with Gasteiger partial charge in [-0.15, -0.1) is 0 Å². The van der Waals surface area contributed by atoms with Crippen LogP contribution >= 0.6 is 0 Å². The molecule has 2 unspecified atom stereocenters. The van der Waals surface area contributed by atoms with Crippen molar-refractivity contribution in [3.63, 3.8) is 0 Å². The van der Waals surface area contributed by atoms with Crippen LogP contribution in [0.15, 0.2) is 0 Å². The van der Waals surface area contributed by atoms with Crippen molar-refractivity contribution < 1.29 is 0 Å². The highest BCUT2D eigenvalue weighted by molar-refractivity contribution is 6.12. The second-order valence-corrected chi connectivity index (χ2v) is 3.72. The first-order valence-electron chi connectivity index (χ1n) is 3.43. The van der Waals surface area contributed by atoms with Crippen LogP contribution in [0.5, 0.6) is 0 Å². The standard InChI is InChI=1S/C7H13Si/c1-5-3-4-6(2)7(5)8/h5-7H,3-4H2,1-2H3. The SMILES string of the molecule is CC1CCC(C)C1[Si]. The minimum atomic E-state index is 0.787. The van der Waals surface area contributed by atoms with Crippen LogP contribution in [0.4, 0.5) is 0 Å². The van der Waals surface area contributed by atoms with E-state index in [0.717, 1.165) is 17.4 Å². The van der Waals surface area contributed by atoms with Crippen molar-refractivity contribution in [2.75, 3.05) is 0 Å². The van der Waals surface area contributed by atoms with E-state index >= 15 is 0 Å². The first kappa shape index (κ1) is 6.34. The highest BCUT2D eigenvalue weighted by atomic mass is 28.1. The van der Waals surface area contributed by atoms with Crippen LogP contribution in [0.3, 0.4) is 0 Å². The second-order valence-electron chi connectivity index (χ2n) is 3.06. The van der Waals surface area contributed by atoms with Gasteiger partial charge in [-0.05, 0) is 17.4 Å². The molecule has 0 spiro atoms. The quantitative estimate of drug-likeness (QED) is 0.434. The Morgan fingerprint density at radius 1 is 1.12 bits per heavy atom. The molecule has 3 radical (unpaired) electrons. The molecule has 1 heteroatoms. The topological polar surface area (TPSA) is 0 Å². The van der Waals surface area contributed by atoms with Gasteiger partial charge >= 0.3 is 0 Å². The molecule has 0 aromatic rings. The predicted octanol–water partition coefficient (Wildman–Crippen LogP) is 2.01. The first-order valence-corrected chi connectivity index (χ1v) is 4.00. The lowest BCUT2D eigenvalue weighted by molar-refractivity contribution is 0.555. The Morgan fingerprint density at radius 2 is 1.50 bits per heavy atom. The lowest BCUT2D eigenvalue weighted by Gasteiger charge is -2.11. The van der Waals surface area contributed by atoms with Crippen molar-refractivity contribution in [1.29, 1.82) is 0 Å². The molecular weight excluding hydrogens is 112 g/mol. The summed E-state index contributed by atoms with van der Waals surface area (Å²) in [7, 11) is 3.72. The molecule has 0 amide bonds. The molecule has 1 rings (SSSR count). The Bertz CT molecular complexity index is 70.5. The fourth-order valence-electron chi connectivity index (χ4n) is 1.45. The summed E-state index contributed by atoms with van der Waals surface area (Å²) in [6.45, 7) is 4.64. The zero-order chi connectivity index (χ0) is 6.15. The van der Waals surface area contributed by atoms with Crippen LogP contribution in [-0.4, -0.2) is 10.2 Å². The third-order valence-corrected chi connectivity index (χ3v) is 3.44. The number of rotatable bonds is 0. The molecule has 8 heavy (non-hydrogen) atoms. The van der Waals surface area contributed by atoms with Crippen molar-refractivity contribution in [2.45, 2.75) is 32.2 Å².